The Labute approximate surface area is 81.7 Å². The Morgan fingerprint density at radius 1 is 1.50 bits per heavy atom. The quantitative estimate of drug-likeness (QED) is 0.744. The molecular formula is C9H11ClOS. The van der Waals surface area contributed by atoms with Crippen molar-refractivity contribution in [1.82, 2.24) is 0 Å². The molecule has 1 N–H and O–H groups in total. The molecule has 0 amide bonds. The third-order valence-electron chi connectivity index (χ3n) is 1.66. The normalized spacial score (nSPS) is 13.0. The molecular weight excluding hydrogens is 192 g/mol. The van der Waals surface area contributed by atoms with Gasteiger partial charge in [-0.15, -0.1) is 11.8 Å². The van der Waals surface area contributed by atoms with Gasteiger partial charge in [-0.05, 0) is 30.9 Å². The van der Waals surface area contributed by atoms with Crippen LogP contribution >= 0.6 is 23.4 Å². The van der Waals surface area contributed by atoms with E-state index in [9.17, 15) is 5.11 Å². The average Bonchev–Trinajstić information content (AvgIpc) is 2.03. The Morgan fingerprint density at radius 2 is 2.17 bits per heavy atom. The van der Waals surface area contributed by atoms with Gasteiger partial charge in [0, 0.05) is 9.92 Å². The zero-order valence-corrected chi connectivity index (χ0v) is 8.62. The van der Waals surface area contributed by atoms with Crippen LogP contribution in [0.3, 0.4) is 0 Å². The summed E-state index contributed by atoms with van der Waals surface area (Å²) in [4.78, 5) is 1.12. The highest BCUT2D eigenvalue weighted by Gasteiger charge is 2.05. The number of hydrogen-bond acceptors (Lipinski definition) is 2. The first-order valence-corrected chi connectivity index (χ1v) is 5.27. The molecule has 0 spiro atoms. The van der Waals surface area contributed by atoms with Crippen LogP contribution in [0.2, 0.25) is 5.02 Å². The summed E-state index contributed by atoms with van der Waals surface area (Å²) in [5.74, 6) is 0. The highest BCUT2D eigenvalue weighted by atomic mass is 35.5. The SMILES string of the molecule is CSc1ccc(C(C)O)c(Cl)c1. The molecule has 1 atom stereocenters. The van der Waals surface area contributed by atoms with Crippen LogP contribution in [0.1, 0.15) is 18.6 Å². The van der Waals surface area contributed by atoms with E-state index in [2.05, 4.69) is 0 Å². The fourth-order valence-electron chi connectivity index (χ4n) is 0.974. The predicted octanol–water partition coefficient (Wildman–Crippen LogP) is 3.12. The number of aliphatic hydroxyl groups is 1. The molecule has 0 aliphatic rings. The largest absolute Gasteiger partial charge is 0.389 e. The summed E-state index contributed by atoms with van der Waals surface area (Å²) in [5, 5.41) is 9.91. The maximum atomic E-state index is 9.28. The van der Waals surface area contributed by atoms with Gasteiger partial charge in [0.1, 0.15) is 0 Å². The lowest BCUT2D eigenvalue weighted by atomic mass is 10.1. The van der Waals surface area contributed by atoms with Crippen molar-refractivity contribution in [2.75, 3.05) is 6.26 Å². The molecule has 0 heterocycles. The number of benzene rings is 1. The lowest BCUT2D eigenvalue weighted by Crippen LogP contribution is -1.91. The summed E-state index contributed by atoms with van der Waals surface area (Å²) >= 11 is 7.57. The molecule has 0 aliphatic heterocycles. The summed E-state index contributed by atoms with van der Waals surface area (Å²) in [5.41, 5.74) is 0.787. The lowest BCUT2D eigenvalue weighted by molar-refractivity contribution is 0.199. The van der Waals surface area contributed by atoms with Crippen molar-refractivity contribution in [1.29, 1.82) is 0 Å². The third kappa shape index (κ3) is 2.16. The van der Waals surface area contributed by atoms with Crippen LogP contribution in [0.15, 0.2) is 23.1 Å². The molecule has 0 fully saturated rings. The van der Waals surface area contributed by atoms with Gasteiger partial charge in [0.25, 0.3) is 0 Å². The van der Waals surface area contributed by atoms with Crippen LogP contribution in [-0.2, 0) is 0 Å². The van der Waals surface area contributed by atoms with Gasteiger partial charge in [0.05, 0.1) is 6.10 Å². The minimum atomic E-state index is -0.492. The van der Waals surface area contributed by atoms with Gasteiger partial charge in [-0.25, -0.2) is 0 Å². The molecule has 0 saturated heterocycles. The van der Waals surface area contributed by atoms with Gasteiger partial charge >= 0.3 is 0 Å². The molecule has 0 aromatic heterocycles. The van der Waals surface area contributed by atoms with Crippen molar-refractivity contribution in [2.45, 2.75) is 17.9 Å². The maximum Gasteiger partial charge on any atom is 0.0776 e. The van der Waals surface area contributed by atoms with E-state index in [0.29, 0.717) is 5.02 Å². The Bertz CT molecular complexity index is 273. The molecule has 12 heavy (non-hydrogen) atoms. The molecule has 0 bridgehead atoms. The van der Waals surface area contributed by atoms with E-state index >= 15 is 0 Å². The average molecular weight is 203 g/mol. The first kappa shape index (κ1) is 9.90. The number of thioether (sulfide) groups is 1. The highest BCUT2D eigenvalue weighted by Crippen LogP contribution is 2.27. The van der Waals surface area contributed by atoms with Gasteiger partial charge in [0.2, 0.25) is 0 Å². The summed E-state index contributed by atoms with van der Waals surface area (Å²) in [7, 11) is 0. The van der Waals surface area contributed by atoms with Crippen LogP contribution < -0.4 is 0 Å². The molecule has 1 rings (SSSR count). The number of hydrogen-bond donors (Lipinski definition) is 1. The monoisotopic (exact) mass is 202 g/mol. The Balaban J connectivity index is 3.03. The van der Waals surface area contributed by atoms with Crippen LogP contribution in [0.25, 0.3) is 0 Å². The number of aliphatic hydroxyl groups excluding tert-OH is 1. The van der Waals surface area contributed by atoms with Gasteiger partial charge in [0.15, 0.2) is 0 Å². The fourth-order valence-corrected chi connectivity index (χ4v) is 1.82. The first-order valence-electron chi connectivity index (χ1n) is 3.66. The molecule has 0 aliphatic carbocycles. The topological polar surface area (TPSA) is 20.2 Å². The van der Waals surface area contributed by atoms with Crippen molar-refractivity contribution in [3.63, 3.8) is 0 Å². The Kier molecular flexibility index (Phi) is 3.44. The minimum Gasteiger partial charge on any atom is -0.389 e. The zero-order valence-electron chi connectivity index (χ0n) is 7.04. The standard InChI is InChI=1S/C9H11ClOS/c1-6(11)8-4-3-7(12-2)5-9(8)10/h3-6,11H,1-2H3. The molecule has 1 aromatic rings. The van der Waals surface area contributed by atoms with Gasteiger partial charge in [-0.3, -0.25) is 0 Å². The van der Waals surface area contributed by atoms with E-state index in [1.54, 1.807) is 18.7 Å². The molecule has 1 aromatic carbocycles. The van der Waals surface area contributed by atoms with E-state index in [-0.39, 0.29) is 0 Å². The lowest BCUT2D eigenvalue weighted by Gasteiger charge is -2.07. The van der Waals surface area contributed by atoms with E-state index in [1.165, 1.54) is 0 Å². The van der Waals surface area contributed by atoms with E-state index in [1.807, 2.05) is 24.5 Å². The van der Waals surface area contributed by atoms with Gasteiger partial charge < -0.3 is 5.11 Å². The van der Waals surface area contributed by atoms with Crippen molar-refractivity contribution in [3.05, 3.63) is 28.8 Å². The molecule has 3 heteroatoms. The van der Waals surface area contributed by atoms with Crippen molar-refractivity contribution in [2.24, 2.45) is 0 Å². The second kappa shape index (κ2) is 4.17. The summed E-state index contributed by atoms with van der Waals surface area (Å²) < 4.78 is 0. The second-order valence-corrected chi connectivity index (χ2v) is 3.85. The van der Waals surface area contributed by atoms with E-state index in [0.717, 1.165) is 10.5 Å². The van der Waals surface area contributed by atoms with Crippen LogP contribution in [0.5, 0.6) is 0 Å². The summed E-state index contributed by atoms with van der Waals surface area (Å²) in [6.45, 7) is 1.71. The smallest absolute Gasteiger partial charge is 0.0776 e. The molecule has 1 nitrogen and oxygen atoms in total. The molecule has 1 unspecified atom stereocenters. The maximum absolute atomic E-state index is 9.28. The van der Waals surface area contributed by atoms with Crippen LogP contribution in [0.4, 0.5) is 0 Å². The first-order chi connectivity index (χ1) is 5.65. The van der Waals surface area contributed by atoms with Gasteiger partial charge in [-0.2, -0.15) is 0 Å². The highest BCUT2D eigenvalue weighted by molar-refractivity contribution is 7.98. The Hall–Kier alpha value is -0.180. The molecule has 66 valence electrons. The van der Waals surface area contributed by atoms with E-state index < -0.39 is 6.10 Å². The van der Waals surface area contributed by atoms with Crippen molar-refractivity contribution < 1.29 is 5.11 Å². The van der Waals surface area contributed by atoms with Crippen molar-refractivity contribution in [3.8, 4) is 0 Å². The predicted molar refractivity (Wildman–Crippen MR) is 53.9 cm³/mol. The van der Waals surface area contributed by atoms with E-state index in [4.69, 9.17) is 11.6 Å². The van der Waals surface area contributed by atoms with Crippen LogP contribution in [0, 0.1) is 0 Å². The second-order valence-electron chi connectivity index (χ2n) is 2.56. The number of halogens is 1. The minimum absolute atomic E-state index is 0.492. The van der Waals surface area contributed by atoms with Crippen molar-refractivity contribution >= 4 is 23.4 Å². The zero-order chi connectivity index (χ0) is 9.14. The molecule has 0 radical (unpaired) electrons. The van der Waals surface area contributed by atoms with Gasteiger partial charge in [-0.1, -0.05) is 17.7 Å². The number of rotatable bonds is 2. The third-order valence-corrected chi connectivity index (χ3v) is 2.71. The summed E-state index contributed by atoms with van der Waals surface area (Å²) in [6.07, 6.45) is 1.50. The van der Waals surface area contributed by atoms with Crippen LogP contribution in [-0.4, -0.2) is 11.4 Å². The fraction of sp³-hybridized carbons (Fsp3) is 0.333. The molecule has 0 saturated carbocycles. The Morgan fingerprint density at radius 3 is 2.58 bits per heavy atom. The summed E-state index contributed by atoms with van der Waals surface area (Å²) in [6, 6.07) is 5.69.